The summed E-state index contributed by atoms with van der Waals surface area (Å²) in [5.74, 6) is -1.33. The van der Waals surface area contributed by atoms with Gasteiger partial charge in [0, 0.05) is 38.6 Å². The molecule has 0 aromatic rings. The van der Waals surface area contributed by atoms with E-state index in [0.717, 1.165) is 64.5 Å². The average Bonchev–Trinajstić information content (AvgIpc) is 2.79. The third-order valence-corrected chi connectivity index (χ3v) is 8.35. The van der Waals surface area contributed by atoms with E-state index in [-0.39, 0.29) is 12.2 Å². The molecule has 3 unspecified atom stereocenters. The number of piperidine rings is 1. The molecule has 4 aliphatic rings. The molecular formula is C25H39F2NO3. The first-order valence-corrected chi connectivity index (χ1v) is 12.5. The number of amides is 1. The number of halogens is 2. The van der Waals surface area contributed by atoms with Crippen molar-refractivity contribution >= 4 is 5.91 Å². The third-order valence-electron chi connectivity index (χ3n) is 8.35. The summed E-state index contributed by atoms with van der Waals surface area (Å²) in [4.78, 5) is 15.0. The van der Waals surface area contributed by atoms with Gasteiger partial charge in [-0.05, 0) is 88.0 Å². The first-order chi connectivity index (χ1) is 14.9. The summed E-state index contributed by atoms with van der Waals surface area (Å²) in [5.41, 5.74) is 0. The van der Waals surface area contributed by atoms with Crippen LogP contribution in [-0.2, 0) is 14.3 Å². The molecule has 0 aromatic carbocycles. The van der Waals surface area contributed by atoms with E-state index in [1.54, 1.807) is 0 Å². The number of hydrogen-bond acceptors (Lipinski definition) is 3. The van der Waals surface area contributed by atoms with Gasteiger partial charge in [0.25, 0.3) is 5.92 Å². The lowest BCUT2D eigenvalue weighted by molar-refractivity contribution is -0.138. The van der Waals surface area contributed by atoms with Crippen molar-refractivity contribution in [3.8, 4) is 0 Å². The molecule has 0 aromatic heterocycles. The molecule has 4 fully saturated rings. The summed E-state index contributed by atoms with van der Waals surface area (Å²) in [6.45, 7) is 6.63. The molecular weight excluding hydrogens is 400 g/mol. The number of fused-ring (bicyclic) bond motifs is 1. The molecule has 176 valence electrons. The van der Waals surface area contributed by atoms with Crippen molar-refractivity contribution in [2.45, 2.75) is 88.8 Å². The number of carbonyl (C=O) groups is 1. The van der Waals surface area contributed by atoms with E-state index in [4.69, 9.17) is 9.47 Å². The van der Waals surface area contributed by atoms with E-state index in [1.165, 1.54) is 6.42 Å². The van der Waals surface area contributed by atoms with E-state index in [2.05, 4.69) is 11.5 Å². The van der Waals surface area contributed by atoms with E-state index >= 15 is 0 Å². The van der Waals surface area contributed by atoms with Gasteiger partial charge >= 0.3 is 0 Å². The van der Waals surface area contributed by atoms with E-state index < -0.39 is 11.8 Å². The van der Waals surface area contributed by atoms with E-state index in [9.17, 15) is 13.6 Å². The molecule has 0 radical (unpaired) electrons. The van der Waals surface area contributed by atoms with Crippen LogP contribution in [0.25, 0.3) is 0 Å². The molecule has 6 heteroatoms. The molecule has 2 saturated heterocycles. The maximum Gasteiger partial charge on any atom is 0.268 e. The molecule has 0 bridgehead atoms. The molecule has 4 nitrogen and oxygen atoms in total. The van der Waals surface area contributed by atoms with Crippen molar-refractivity contribution in [3.05, 3.63) is 12.7 Å². The lowest BCUT2D eigenvalue weighted by Gasteiger charge is -2.45. The SMILES string of the molecule is C=CC(F)(F)C1CCC(OC2CCC3CCN(C(=O)CC4CCOCC4)CC3C2)CC1. The summed E-state index contributed by atoms with van der Waals surface area (Å²) < 4.78 is 39.5. The highest BCUT2D eigenvalue weighted by Gasteiger charge is 2.41. The zero-order valence-electron chi connectivity index (χ0n) is 18.8. The van der Waals surface area contributed by atoms with Crippen LogP contribution in [-0.4, -0.2) is 55.2 Å². The maximum absolute atomic E-state index is 13.9. The molecule has 2 aliphatic carbocycles. The number of likely N-dealkylation sites (tertiary alicyclic amines) is 1. The monoisotopic (exact) mass is 439 g/mol. The fourth-order valence-corrected chi connectivity index (χ4v) is 6.28. The van der Waals surface area contributed by atoms with Crippen LogP contribution in [0.4, 0.5) is 8.78 Å². The van der Waals surface area contributed by atoms with Crippen molar-refractivity contribution < 1.29 is 23.0 Å². The Hall–Kier alpha value is -1.01. The Morgan fingerprint density at radius 1 is 1.00 bits per heavy atom. The second-order valence-corrected chi connectivity index (χ2v) is 10.3. The standard InChI is InChI=1S/C25H39F2NO3/c1-2-25(26,27)21-4-7-22(8-5-21)31-23-6-3-19-9-12-28(17-20(19)16-23)24(29)15-18-10-13-30-14-11-18/h2,18-23H,1,3-17H2. The number of nitrogens with zero attached hydrogens (tertiary/aromatic N) is 1. The number of alkyl halides is 2. The minimum Gasteiger partial charge on any atom is -0.381 e. The molecule has 1 amide bonds. The van der Waals surface area contributed by atoms with Crippen LogP contribution in [0.1, 0.15) is 70.6 Å². The van der Waals surface area contributed by atoms with Gasteiger partial charge in [0.15, 0.2) is 0 Å². The Kier molecular flexibility index (Phi) is 7.68. The van der Waals surface area contributed by atoms with Crippen LogP contribution in [0.2, 0.25) is 0 Å². The zero-order chi connectivity index (χ0) is 21.8. The Morgan fingerprint density at radius 2 is 1.71 bits per heavy atom. The summed E-state index contributed by atoms with van der Waals surface area (Å²) in [6.07, 6.45) is 10.6. The smallest absolute Gasteiger partial charge is 0.268 e. The van der Waals surface area contributed by atoms with Crippen molar-refractivity contribution in [1.29, 1.82) is 0 Å². The highest BCUT2D eigenvalue weighted by Crippen LogP contribution is 2.41. The highest BCUT2D eigenvalue weighted by atomic mass is 19.3. The average molecular weight is 440 g/mol. The van der Waals surface area contributed by atoms with Gasteiger partial charge in [0.1, 0.15) is 0 Å². The van der Waals surface area contributed by atoms with Gasteiger partial charge in [-0.25, -0.2) is 8.78 Å². The lowest BCUT2D eigenvalue weighted by Crippen LogP contribution is -2.47. The summed E-state index contributed by atoms with van der Waals surface area (Å²) >= 11 is 0. The minimum absolute atomic E-state index is 0.105. The summed E-state index contributed by atoms with van der Waals surface area (Å²) in [7, 11) is 0. The number of carbonyl (C=O) groups excluding carboxylic acids is 1. The molecule has 0 spiro atoms. The van der Waals surface area contributed by atoms with Crippen LogP contribution in [0.3, 0.4) is 0 Å². The predicted molar refractivity (Wildman–Crippen MR) is 116 cm³/mol. The van der Waals surface area contributed by atoms with Gasteiger partial charge in [0.2, 0.25) is 5.91 Å². The maximum atomic E-state index is 13.9. The minimum atomic E-state index is -2.76. The number of ether oxygens (including phenoxy) is 2. The van der Waals surface area contributed by atoms with E-state index in [1.807, 2.05) is 0 Å². The Balaban J connectivity index is 1.23. The Morgan fingerprint density at radius 3 is 2.42 bits per heavy atom. The first kappa shape index (κ1) is 23.2. The van der Waals surface area contributed by atoms with Crippen LogP contribution in [0, 0.1) is 23.7 Å². The second kappa shape index (κ2) is 10.3. The Labute approximate surface area is 185 Å². The molecule has 2 heterocycles. The zero-order valence-corrected chi connectivity index (χ0v) is 18.8. The normalized spacial score (nSPS) is 35.4. The van der Waals surface area contributed by atoms with Gasteiger partial charge in [-0.1, -0.05) is 6.58 Å². The number of allylic oxidation sites excluding steroid dienone is 1. The molecule has 0 N–H and O–H groups in total. The quantitative estimate of drug-likeness (QED) is 0.533. The van der Waals surface area contributed by atoms with Crippen molar-refractivity contribution in [3.63, 3.8) is 0 Å². The number of rotatable bonds is 6. The fraction of sp³-hybridized carbons (Fsp3) is 0.880. The van der Waals surface area contributed by atoms with Crippen LogP contribution in [0.15, 0.2) is 12.7 Å². The topological polar surface area (TPSA) is 38.8 Å². The highest BCUT2D eigenvalue weighted by molar-refractivity contribution is 5.76. The van der Waals surface area contributed by atoms with Gasteiger partial charge in [-0.2, -0.15) is 0 Å². The molecule has 4 rings (SSSR count). The number of hydrogen-bond donors (Lipinski definition) is 0. The fourth-order valence-electron chi connectivity index (χ4n) is 6.28. The third kappa shape index (κ3) is 5.87. The molecule has 31 heavy (non-hydrogen) atoms. The lowest BCUT2D eigenvalue weighted by atomic mass is 9.73. The summed E-state index contributed by atoms with van der Waals surface area (Å²) in [6, 6.07) is 0. The van der Waals surface area contributed by atoms with Crippen molar-refractivity contribution in [2.75, 3.05) is 26.3 Å². The van der Waals surface area contributed by atoms with Gasteiger partial charge in [-0.15, -0.1) is 0 Å². The Bertz CT molecular complexity index is 614. The summed E-state index contributed by atoms with van der Waals surface area (Å²) in [5, 5.41) is 0. The van der Waals surface area contributed by atoms with Gasteiger partial charge < -0.3 is 14.4 Å². The van der Waals surface area contributed by atoms with E-state index in [0.29, 0.717) is 55.8 Å². The second-order valence-electron chi connectivity index (χ2n) is 10.3. The van der Waals surface area contributed by atoms with Crippen molar-refractivity contribution in [2.24, 2.45) is 23.7 Å². The van der Waals surface area contributed by atoms with Gasteiger partial charge in [0.05, 0.1) is 12.2 Å². The van der Waals surface area contributed by atoms with Crippen LogP contribution >= 0.6 is 0 Å². The molecule has 3 atom stereocenters. The van der Waals surface area contributed by atoms with Crippen molar-refractivity contribution in [1.82, 2.24) is 4.90 Å². The first-order valence-electron chi connectivity index (χ1n) is 12.5. The predicted octanol–water partition coefficient (Wildman–Crippen LogP) is 5.22. The van der Waals surface area contributed by atoms with Crippen LogP contribution in [0.5, 0.6) is 0 Å². The largest absolute Gasteiger partial charge is 0.381 e. The molecule has 2 aliphatic heterocycles. The molecule has 2 saturated carbocycles. The van der Waals surface area contributed by atoms with Crippen LogP contribution < -0.4 is 0 Å². The van der Waals surface area contributed by atoms with Gasteiger partial charge in [-0.3, -0.25) is 4.79 Å².